The topological polar surface area (TPSA) is 38.3 Å². The van der Waals surface area contributed by atoms with Crippen LogP contribution in [-0.4, -0.2) is 19.6 Å². The lowest BCUT2D eigenvalue weighted by Crippen LogP contribution is -2.08. The molecule has 0 atom stereocenters. The molecular weight excluding hydrogens is 204 g/mol. The Balaban J connectivity index is 3.15. The number of hydrogen-bond donors (Lipinski definition) is 1. The maximum Gasteiger partial charge on any atom is 0.340 e. The van der Waals surface area contributed by atoms with Crippen LogP contribution in [-0.2, 0) is 4.74 Å². The Morgan fingerprint density at radius 1 is 1.40 bits per heavy atom. The predicted molar refractivity (Wildman–Crippen MR) is 51.9 cm³/mol. The molecule has 0 bridgehead atoms. The highest BCUT2D eigenvalue weighted by molar-refractivity contribution is 5.90. The molecule has 1 aromatic carbocycles. The summed E-state index contributed by atoms with van der Waals surface area (Å²) >= 11 is 0. The number of methoxy groups -OCH3 is 1. The highest BCUT2D eigenvalue weighted by atomic mass is 19.2. The first-order valence-electron chi connectivity index (χ1n) is 4.42. The van der Waals surface area contributed by atoms with Crippen molar-refractivity contribution in [3.8, 4) is 0 Å². The summed E-state index contributed by atoms with van der Waals surface area (Å²) < 4.78 is 30.9. The highest BCUT2D eigenvalue weighted by Gasteiger charge is 2.18. The summed E-state index contributed by atoms with van der Waals surface area (Å²) in [6, 6.07) is 2.48. The van der Waals surface area contributed by atoms with Crippen molar-refractivity contribution >= 4 is 11.7 Å². The van der Waals surface area contributed by atoms with Crippen molar-refractivity contribution in [1.29, 1.82) is 0 Å². The largest absolute Gasteiger partial charge is 0.465 e. The molecule has 0 saturated heterocycles. The number of esters is 1. The van der Waals surface area contributed by atoms with Gasteiger partial charge >= 0.3 is 5.97 Å². The number of nitrogens with one attached hydrogen (secondary N) is 1. The number of halogens is 2. The third kappa shape index (κ3) is 2.23. The first kappa shape index (κ1) is 11.4. The number of hydrogen-bond acceptors (Lipinski definition) is 3. The van der Waals surface area contributed by atoms with Gasteiger partial charge in [-0.25, -0.2) is 13.6 Å². The van der Waals surface area contributed by atoms with Crippen LogP contribution in [0.4, 0.5) is 14.5 Å². The van der Waals surface area contributed by atoms with Gasteiger partial charge in [-0.1, -0.05) is 0 Å². The smallest absolute Gasteiger partial charge is 0.340 e. The molecule has 0 fully saturated rings. The first-order valence-corrected chi connectivity index (χ1v) is 4.42. The van der Waals surface area contributed by atoms with E-state index in [0.29, 0.717) is 6.54 Å². The third-order valence-corrected chi connectivity index (χ3v) is 1.85. The normalized spacial score (nSPS) is 9.87. The van der Waals surface area contributed by atoms with Crippen LogP contribution < -0.4 is 5.32 Å². The highest BCUT2D eigenvalue weighted by Crippen LogP contribution is 2.20. The van der Waals surface area contributed by atoms with Crippen LogP contribution in [0.15, 0.2) is 12.1 Å². The van der Waals surface area contributed by atoms with E-state index in [2.05, 4.69) is 10.1 Å². The molecule has 1 aromatic rings. The van der Waals surface area contributed by atoms with E-state index in [-0.39, 0.29) is 5.69 Å². The molecule has 0 aliphatic rings. The summed E-state index contributed by atoms with van der Waals surface area (Å²) in [5.41, 5.74) is -0.376. The van der Waals surface area contributed by atoms with Crippen molar-refractivity contribution in [1.82, 2.24) is 0 Å². The molecule has 1 rings (SSSR count). The Labute approximate surface area is 86.0 Å². The van der Waals surface area contributed by atoms with Crippen LogP contribution in [0.25, 0.3) is 0 Å². The Bertz CT molecular complexity index is 380. The summed E-state index contributed by atoms with van der Waals surface area (Å²) in [4.78, 5) is 11.0. The zero-order valence-corrected chi connectivity index (χ0v) is 8.43. The van der Waals surface area contributed by atoms with Gasteiger partial charge in [-0.2, -0.15) is 0 Å². The van der Waals surface area contributed by atoms with Gasteiger partial charge in [0.15, 0.2) is 11.6 Å². The summed E-state index contributed by atoms with van der Waals surface area (Å²) in [5, 5.41) is 2.63. The van der Waals surface area contributed by atoms with Crippen LogP contribution in [0, 0.1) is 11.6 Å². The van der Waals surface area contributed by atoms with Gasteiger partial charge in [0.1, 0.15) is 0 Å². The van der Waals surface area contributed by atoms with Crippen molar-refractivity contribution in [2.75, 3.05) is 19.0 Å². The fourth-order valence-corrected chi connectivity index (χ4v) is 1.14. The molecule has 0 saturated carbocycles. The molecule has 3 nitrogen and oxygen atoms in total. The van der Waals surface area contributed by atoms with Crippen LogP contribution in [0.2, 0.25) is 0 Å². The number of benzene rings is 1. The van der Waals surface area contributed by atoms with Gasteiger partial charge in [0.2, 0.25) is 0 Å². The summed E-state index contributed by atoms with van der Waals surface area (Å²) in [7, 11) is 1.11. The van der Waals surface area contributed by atoms with Crippen LogP contribution in [0.5, 0.6) is 0 Å². The first-order chi connectivity index (χ1) is 7.11. The van der Waals surface area contributed by atoms with Crippen molar-refractivity contribution in [2.45, 2.75) is 6.92 Å². The van der Waals surface area contributed by atoms with E-state index in [9.17, 15) is 13.6 Å². The van der Waals surface area contributed by atoms with Gasteiger partial charge in [0.25, 0.3) is 0 Å². The quantitative estimate of drug-likeness (QED) is 0.785. The molecule has 0 unspecified atom stereocenters. The van der Waals surface area contributed by atoms with Gasteiger partial charge in [-0.05, 0) is 19.1 Å². The molecule has 0 aliphatic heterocycles. The minimum absolute atomic E-state index is 0.0302. The average molecular weight is 215 g/mol. The lowest BCUT2D eigenvalue weighted by Gasteiger charge is -2.07. The molecule has 0 amide bonds. The number of carbonyl (C=O) groups excluding carboxylic acids is 1. The zero-order valence-electron chi connectivity index (χ0n) is 8.43. The number of rotatable bonds is 3. The number of carbonyl (C=O) groups is 1. The lowest BCUT2D eigenvalue weighted by molar-refractivity contribution is 0.0594. The van der Waals surface area contributed by atoms with E-state index in [1.807, 2.05) is 0 Å². The van der Waals surface area contributed by atoms with E-state index in [4.69, 9.17) is 0 Å². The Morgan fingerprint density at radius 2 is 2.07 bits per heavy atom. The van der Waals surface area contributed by atoms with E-state index in [0.717, 1.165) is 7.11 Å². The summed E-state index contributed by atoms with van der Waals surface area (Å²) in [6.45, 7) is 2.22. The fraction of sp³-hybridized carbons (Fsp3) is 0.300. The van der Waals surface area contributed by atoms with Gasteiger partial charge in [0, 0.05) is 6.54 Å². The van der Waals surface area contributed by atoms with Gasteiger partial charge in [0.05, 0.1) is 18.4 Å². The van der Waals surface area contributed by atoms with E-state index < -0.39 is 23.2 Å². The zero-order chi connectivity index (χ0) is 11.4. The fourth-order valence-electron chi connectivity index (χ4n) is 1.14. The van der Waals surface area contributed by atoms with E-state index >= 15 is 0 Å². The third-order valence-electron chi connectivity index (χ3n) is 1.85. The maximum atomic E-state index is 13.3. The second kappa shape index (κ2) is 4.72. The monoisotopic (exact) mass is 215 g/mol. The Kier molecular flexibility index (Phi) is 3.60. The van der Waals surface area contributed by atoms with Crippen molar-refractivity contribution in [3.05, 3.63) is 29.3 Å². The van der Waals surface area contributed by atoms with Crippen molar-refractivity contribution < 1.29 is 18.3 Å². The minimum Gasteiger partial charge on any atom is -0.465 e. The molecule has 1 N–H and O–H groups in total. The second-order valence-corrected chi connectivity index (χ2v) is 2.81. The molecule has 82 valence electrons. The molecule has 15 heavy (non-hydrogen) atoms. The van der Waals surface area contributed by atoms with Crippen LogP contribution >= 0.6 is 0 Å². The van der Waals surface area contributed by atoms with Crippen LogP contribution in [0.3, 0.4) is 0 Å². The second-order valence-electron chi connectivity index (χ2n) is 2.81. The lowest BCUT2D eigenvalue weighted by atomic mass is 10.2. The predicted octanol–water partition coefficient (Wildman–Crippen LogP) is 2.18. The average Bonchev–Trinajstić information content (AvgIpc) is 2.24. The number of ether oxygens (including phenoxy) is 1. The van der Waals surface area contributed by atoms with Gasteiger partial charge in [-0.15, -0.1) is 0 Å². The van der Waals surface area contributed by atoms with Gasteiger partial charge < -0.3 is 10.1 Å². The van der Waals surface area contributed by atoms with Crippen LogP contribution in [0.1, 0.15) is 17.3 Å². The molecule has 0 spiro atoms. The minimum atomic E-state index is -1.19. The standard InChI is InChI=1S/C10H11F2NO2/c1-3-13-7-5-4-6(10(14)15-2)8(11)9(7)12/h4-5,13H,3H2,1-2H3. The summed E-state index contributed by atoms with van der Waals surface area (Å²) in [5.74, 6) is -3.16. The van der Waals surface area contributed by atoms with E-state index in [1.54, 1.807) is 6.92 Å². The maximum absolute atomic E-state index is 13.3. The SMILES string of the molecule is CCNc1ccc(C(=O)OC)c(F)c1F. The molecular formula is C10H11F2NO2. The molecule has 0 aromatic heterocycles. The van der Waals surface area contributed by atoms with E-state index in [1.165, 1.54) is 12.1 Å². The summed E-state index contributed by atoms with van der Waals surface area (Å²) in [6.07, 6.45) is 0. The molecule has 0 radical (unpaired) electrons. The Hall–Kier alpha value is -1.65. The molecule has 0 aliphatic carbocycles. The number of anilines is 1. The Morgan fingerprint density at radius 3 is 2.60 bits per heavy atom. The van der Waals surface area contributed by atoms with Crippen molar-refractivity contribution in [2.24, 2.45) is 0 Å². The molecule has 5 heteroatoms. The van der Waals surface area contributed by atoms with Crippen molar-refractivity contribution in [3.63, 3.8) is 0 Å². The van der Waals surface area contributed by atoms with Gasteiger partial charge in [-0.3, -0.25) is 0 Å². The molecule has 0 heterocycles.